The number of anilines is 1. The second-order valence-electron chi connectivity index (χ2n) is 8.44. The van der Waals surface area contributed by atoms with Crippen molar-refractivity contribution in [1.29, 1.82) is 0 Å². The van der Waals surface area contributed by atoms with Crippen molar-refractivity contribution in [2.45, 2.75) is 46.0 Å². The van der Waals surface area contributed by atoms with E-state index in [0.29, 0.717) is 6.61 Å². The minimum Gasteiger partial charge on any atom is -0.336 e. The summed E-state index contributed by atoms with van der Waals surface area (Å²) in [6.07, 6.45) is 0. The number of hydrazone groups is 1. The maximum absolute atomic E-state index is 11.1. The molecule has 2 aliphatic heterocycles. The largest absolute Gasteiger partial charge is 0.336 e. The summed E-state index contributed by atoms with van der Waals surface area (Å²) in [4.78, 5) is 12.9. The molecule has 29 heavy (non-hydrogen) atoms. The standard InChI is InChI=1S/C22H26N4O3/c1-6-29-22-20(2,3)21(4,5)24(22)19(16-10-8-7-9-11-16)23-25(22)17-12-14-18(15-13-17)26(27)28/h7-15H,6H2,1-5H3. The number of nitro groups is 1. The van der Waals surface area contributed by atoms with Gasteiger partial charge in [0, 0.05) is 24.3 Å². The summed E-state index contributed by atoms with van der Waals surface area (Å²) in [5.74, 6) is 0.0220. The number of nitro benzene ring substituents is 1. The zero-order valence-corrected chi connectivity index (χ0v) is 17.4. The summed E-state index contributed by atoms with van der Waals surface area (Å²) in [7, 11) is 0. The number of amidine groups is 1. The van der Waals surface area contributed by atoms with Crippen molar-refractivity contribution in [1.82, 2.24) is 4.90 Å². The van der Waals surface area contributed by atoms with Crippen molar-refractivity contribution >= 4 is 17.2 Å². The van der Waals surface area contributed by atoms with Gasteiger partial charge in [-0.1, -0.05) is 44.2 Å². The zero-order valence-electron chi connectivity index (χ0n) is 17.4. The maximum Gasteiger partial charge on any atom is 0.269 e. The number of benzene rings is 2. The van der Waals surface area contributed by atoms with E-state index in [2.05, 4.69) is 32.6 Å². The summed E-state index contributed by atoms with van der Waals surface area (Å²) in [5, 5.41) is 18.0. The van der Waals surface area contributed by atoms with Gasteiger partial charge >= 0.3 is 0 Å². The van der Waals surface area contributed by atoms with Gasteiger partial charge in [-0.2, -0.15) is 0 Å². The van der Waals surface area contributed by atoms with E-state index < -0.39 is 10.8 Å². The number of rotatable bonds is 5. The van der Waals surface area contributed by atoms with Crippen molar-refractivity contribution < 1.29 is 9.66 Å². The van der Waals surface area contributed by atoms with Gasteiger partial charge in [0.05, 0.1) is 21.6 Å². The molecule has 0 saturated carbocycles. The second-order valence-corrected chi connectivity index (χ2v) is 8.44. The van der Waals surface area contributed by atoms with Crippen LogP contribution in [0.1, 0.15) is 40.2 Å². The van der Waals surface area contributed by atoms with Crippen LogP contribution < -0.4 is 5.01 Å². The highest BCUT2D eigenvalue weighted by Crippen LogP contribution is 2.64. The summed E-state index contributed by atoms with van der Waals surface area (Å²) in [6, 6.07) is 16.5. The molecule has 1 unspecified atom stereocenters. The molecule has 2 aliphatic rings. The summed E-state index contributed by atoms with van der Waals surface area (Å²) >= 11 is 0. The Bertz CT molecular complexity index is 969. The van der Waals surface area contributed by atoms with Gasteiger partial charge < -0.3 is 9.64 Å². The smallest absolute Gasteiger partial charge is 0.269 e. The van der Waals surface area contributed by atoms with Crippen molar-refractivity contribution in [3.05, 3.63) is 70.3 Å². The van der Waals surface area contributed by atoms with Gasteiger partial charge in [0.1, 0.15) is 0 Å². The first kappa shape index (κ1) is 19.4. The van der Waals surface area contributed by atoms with Crippen LogP contribution in [0.3, 0.4) is 0 Å². The van der Waals surface area contributed by atoms with E-state index in [-0.39, 0.29) is 16.6 Å². The van der Waals surface area contributed by atoms with Crippen LogP contribution in [0.15, 0.2) is 59.7 Å². The molecule has 0 N–H and O–H groups in total. The van der Waals surface area contributed by atoms with E-state index in [1.54, 1.807) is 12.1 Å². The van der Waals surface area contributed by atoms with Crippen molar-refractivity contribution in [3.8, 4) is 0 Å². The van der Waals surface area contributed by atoms with E-state index in [1.165, 1.54) is 12.1 Å². The molecule has 0 spiro atoms. The van der Waals surface area contributed by atoms with Gasteiger partial charge in [-0.3, -0.25) is 10.1 Å². The van der Waals surface area contributed by atoms with Crippen LogP contribution in [-0.4, -0.2) is 33.7 Å². The fourth-order valence-corrected chi connectivity index (χ4v) is 4.49. The minimum atomic E-state index is -0.813. The predicted octanol–water partition coefficient (Wildman–Crippen LogP) is 4.59. The van der Waals surface area contributed by atoms with E-state index in [1.807, 2.05) is 42.3 Å². The Balaban J connectivity index is 1.90. The van der Waals surface area contributed by atoms with Gasteiger partial charge in [-0.25, -0.2) is 5.01 Å². The number of hydrogen-bond acceptors (Lipinski definition) is 6. The Kier molecular flexibility index (Phi) is 4.20. The highest BCUT2D eigenvalue weighted by molar-refractivity contribution is 6.03. The number of ether oxygens (including phenoxy) is 1. The third kappa shape index (κ3) is 2.37. The Morgan fingerprint density at radius 1 is 1.03 bits per heavy atom. The van der Waals surface area contributed by atoms with Crippen LogP contribution in [0, 0.1) is 15.5 Å². The SMILES string of the molecule is CCOC12N(c3ccc([N+](=O)[O-])cc3)N=C(c3ccccc3)N1C(C)(C)C2(C)C. The lowest BCUT2D eigenvalue weighted by atomic mass is 9.59. The zero-order chi connectivity index (χ0) is 21.0. The molecular weight excluding hydrogens is 368 g/mol. The predicted molar refractivity (Wildman–Crippen MR) is 113 cm³/mol. The molecule has 0 bridgehead atoms. The quantitative estimate of drug-likeness (QED) is 0.548. The molecule has 2 aromatic carbocycles. The van der Waals surface area contributed by atoms with E-state index in [4.69, 9.17) is 9.84 Å². The number of nitrogens with zero attached hydrogens (tertiary/aromatic N) is 4. The summed E-state index contributed by atoms with van der Waals surface area (Å²) in [6.45, 7) is 11.2. The molecule has 0 aromatic heterocycles. The first-order chi connectivity index (χ1) is 13.7. The lowest BCUT2D eigenvalue weighted by Crippen LogP contribution is -2.87. The fraction of sp³-hybridized carbons (Fsp3) is 0.409. The maximum atomic E-state index is 11.1. The summed E-state index contributed by atoms with van der Waals surface area (Å²) < 4.78 is 6.44. The van der Waals surface area contributed by atoms with Crippen LogP contribution in [0.5, 0.6) is 0 Å². The Hall–Kier alpha value is -2.93. The summed E-state index contributed by atoms with van der Waals surface area (Å²) in [5.41, 5.74) is 1.31. The highest BCUT2D eigenvalue weighted by Gasteiger charge is 2.78. The van der Waals surface area contributed by atoms with Crippen LogP contribution in [0.25, 0.3) is 0 Å². The molecule has 152 valence electrons. The fourth-order valence-electron chi connectivity index (χ4n) is 4.49. The number of hydrogen-bond donors (Lipinski definition) is 0. The molecule has 1 atom stereocenters. The van der Waals surface area contributed by atoms with E-state index in [9.17, 15) is 10.1 Å². The van der Waals surface area contributed by atoms with Crippen molar-refractivity contribution in [2.24, 2.45) is 10.5 Å². The van der Waals surface area contributed by atoms with Gasteiger partial charge in [0.15, 0.2) is 5.84 Å². The van der Waals surface area contributed by atoms with Gasteiger partial charge in [-0.05, 0) is 32.9 Å². The lowest BCUT2D eigenvalue weighted by Gasteiger charge is -2.72. The van der Waals surface area contributed by atoms with Crippen LogP contribution >= 0.6 is 0 Å². The minimum absolute atomic E-state index is 0.0516. The van der Waals surface area contributed by atoms with Crippen LogP contribution in [0.4, 0.5) is 11.4 Å². The van der Waals surface area contributed by atoms with Gasteiger partial charge in [0.2, 0.25) is 5.85 Å². The first-order valence-electron chi connectivity index (χ1n) is 9.81. The molecule has 2 heterocycles. The molecule has 4 rings (SSSR count). The molecule has 7 heteroatoms. The third-order valence-corrected chi connectivity index (χ3v) is 6.58. The Morgan fingerprint density at radius 2 is 1.66 bits per heavy atom. The Morgan fingerprint density at radius 3 is 2.21 bits per heavy atom. The lowest BCUT2D eigenvalue weighted by molar-refractivity contribution is -0.384. The number of fused-ring (bicyclic) bond motifs is 1. The average Bonchev–Trinajstić information content (AvgIpc) is 3.04. The van der Waals surface area contributed by atoms with Crippen LogP contribution in [-0.2, 0) is 4.74 Å². The highest BCUT2D eigenvalue weighted by atomic mass is 16.6. The molecule has 1 fully saturated rings. The monoisotopic (exact) mass is 394 g/mol. The molecule has 0 radical (unpaired) electrons. The second kappa shape index (κ2) is 6.29. The van der Waals surface area contributed by atoms with Crippen molar-refractivity contribution in [3.63, 3.8) is 0 Å². The topological polar surface area (TPSA) is 71.2 Å². The first-order valence-corrected chi connectivity index (χ1v) is 9.81. The number of non-ortho nitro benzene ring substituents is 1. The van der Waals surface area contributed by atoms with E-state index in [0.717, 1.165) is 17.1 Å². The van der Waals surface area contributed by atoms with Crippen LogP contribution in [0.2, 0.25) is 0 Å². The average molecular weight is 394 g/mol. The molecule has 0 amide bonds. The van der Waals surface area contributed by atoms with E-state index >= 15 is 0 Å². The molecule has 1 saturated heterocycles. The van der Waals surface area contributed by atoms with Crippen molar-refractivity contribution in [2.75, 3.05) is 11.6 Å². The normalized spacial score (nSPS) is 24.0. The molecule has 7 nitrogen and oxygen atoms in total. The van der Waals surface area contributed by atoms with Gasteiger partial charge in [0.25, 0.3) is 5.69 Å². The molecule has 0 aliphatic carbocycles. The molecule has 2 aromatic rings. The third-order valence-electron chi connectivity index (χ3n) is 6.58. The van der Waals surface area contributed by atoms with Gasteiger partial charge in [-0.15, -0.1) is 5.10 Å². The molecular formula is C22H26N4O3. The Labute approximate surface area is 170 Å².